The molecule has 1 aliphatic heterocycles. The van der Waals surface area contributed by atoms with Gasteiger partial charge in [-0.1, -0.05) is 11.6 Å². The molecule has 0 unspecified atom stereocenters. The highest BCUT2D eigenvalue weighted by Crippen LogP contribution is 2.38. The smallest absolute Gasteiger partial charge is 0.416 e. The van der Waals surface area contributed by atoms with Crippen LogP contribution in [-0.4, -0.2) is 38.3 Å². The lowest BCUT2D eigenvalue weighted by Gasteiger charge is -2.31. The van der Waals surface area contributed by atoms with Crippen LogP contribution in [0.5, 0.6) is 5.75 Å². The summed E-state index contributed by atoms with van der Waals surface area (Å²) >= 11 is 6.08. The fraction of sp³-hybridized carbons (Fsp3) is 0.409. The van der Waals surface area contributed by atoms with Crippen molar-refractivity contribution in [1.29, 1.82) is 0 Å². The van der Waals surface area contributed by atoms with Crippen molar-refractivity contribution in [1.82, 2.24) is 4.31 Å². The molecule has 3 rings (SSSR count). The van der Waals surface area contributed by atoms with Crippen molar-refractivity contribution >= 4 is 33.2 Å². The van der Waals surface area contributed by atoms with Crippen molar-refractivity contribution in [3.63, 3.8) is 0 Å². The number of halogens is 7. The van der Waals surface area contributed by atoms with E-state index >= 15 is 0 Å². The van der Waals surface area contributed by atoms with Gasteiger partial charge in [-0.05, 0) is 56.2 Å². The van der Waals surface area contributed by atoms with Crippen LogP contribution in [0.3, 0.4) is 0 Å². The van der Waals surface area contributed by atoms with E-state index in [0.29, 0.717) is 18.7 Å². The number of nitrogens with zero attached hydrogens (tertiary/aromatic N) is 1. The zero-order valence-corrected chi connectivity index (χ0v) is 20.3. The molecule has 2 aromatic rings. The van der Waals surface area contributed by atoms with Gasteiger partial charge in [0.1, 0.15) is 5.75 Å². The number of ether oxygens (including phenoxy) is 1. The number of carbonyl (C=O) groups is 1. The summed E-state index contributed by atoms with van der Waals surface area (Å²) in [6, 6.07) is 4.62. The molecule has 1 atom stereocenters. The van der Waals surface area contributed by atoms with Gasteiger partial charge in [0, 0.05) is 18.8 Å². The Kier molecular flexibility index (Phi) is 8.16. The summed E-state index contributed by atoms with van der Waals surface area (Å²) in [5.74, 6) is -1.61. The fourth-order valence-corrected chi connectivity index (χ4v) is 5.56. The molecule has 0 aliphatic carbocycles. The van der Waals surface area contributed by atoms with Gasteiger partial charge in [0.2, 0.25) is 15.9 Å². The van der Waals surface area contributed by atoms with Gasteiger partial charge in [-0.2, -0.15) is 30.6 Å². The van der Waals surface area contributed by atoms with Crippen LogP contribution in [-0.2, 0) is 27.2 Å². The number of hydrogen-bond acceptors (Lipinski definition) is 4. The Morgan fingerprint density at radius 2 is 1.69 bits per heavy atom. The molecule has 0 saturated carbocycles. The van der Waals surface area contributed by atoms with Crippen LogP contribution in [0.2, 0.25) is 5.02 Å². The third-order valence-electron chi connectivity index (χ3n) is 5.45. The number of alkyl halides is 6. The number of piperidine rings is 1. The molecule has 0 radical (unpaired) electrons. The van der Waals surface area contributed by atoms with E-state index in [2.05, 4.69) is 5.32 Å². The average Bonchev–Trinajstić information content (AvgIpc) is 2.79. The maximum Gasteiger partial charge on any atom is 0.416 e. The summed E-state index contributed by atoms with van der Waals surface area (Å²) in [6.07, 6.45) is -9.71. The van der Waals surface area contributed by atoms with Gasteiger partial charge in [0.25, 0.3) is 0 Å². The van der Waals surface area contributed by atoms with Crippen LogP contribution in [0.4, 0.5) is 32.0 Å². The minimum atomic E-state index is -5.07. The largest absolute Gasteiger partial charge is 0.492 e. The zero-order chi connectivity index (χ0) is 26.9. The lowest BCUT2D eigenvalue weighted by Crippen LogP contribution is -2.43. The monoisotopic (exact) mass is 558 g/mol. The number of amides is 1. The first-order chi connectivity index (χ1) is 16.6. The summed E-state index contributed by atoms with van der Waals surface area (Å²) < 4.78 is 111. The molecule has 1 aliphatic rings. The second-order valence-electron chi connectivity index (χ2n) is 8.01. The molecule has 6 nitrogen and oxygen atoms in total. The molecule has 0 aromatic heterocycles. The molecule has 198 valence electrons. The molecular weight excluding hydrogens is 538 g/mol. The molecule has 0 spiro atoms. The van der Waals surface area contributed by atoms with Gasteiger partial charge in [0.05, 0.1) is 33.6 Å². The Bertz CT molecular complexity index is 1200. The Hall–Kier alpha value is -2.51. The predicted molar refractivity (Wildman–Crippen MR) is 119 cm³/mol. The maximum absolute atomic E-state index is 13.1. The highest BCUT2D eigenvalue weighted by Gasteiger charge is 2.38. The van der Waals surface area contributed by atoms with E-state index in [4.69, 9.17) is 16.3 Å². The average molecular weight is 559 g/mol. The molecule has 1 heterocycles. The standard InChI is InChI=1S/C22H21ClF6N2O4S/c1-2-35-19-6-5-17(11-18(19)23)36(33,34)31-7-3-4-13(12-31)20(32)30-16-9-14(21(24,25)26)8-15(10-16)22(27,28)29/h5-6,8-11,13H,2-4,7,12H2,1H3,(H,30,32)/t13-/m1/s1. The maximum atomic E-state index is 13.1. The van der Waals surface area contributed by atoms with E-state index in [1.54, 1.807) is 6.92 Å². The normalized spacial score (nSPS) is 17.6. The van der Waals surface area contributed by atoms with Gasteiger partial charge < -0.3 is 10.1 Å². The van der Waals surface area contributed by atoms with Crippen LogP contribution in [0, 0.1) is 5.92 Å². The van der Waals surface area contributed by atoms with E-state index < -0.39 is 51.0 Å². The number of carbonyl (C=O) groups excluding carboxylic acids is 1. The summed E-state index contributed by atoms with van der Waals surface area (Å²) in [5, 5.41) is 2.15. The number of benzene rings is 2. The molecule has 1 N–H and O–H groups in total. The number of hydrogen-bond donors (Lipinski definition) is 1. The summed E-state index contributed by atoms with van der Waals surface area (Å²) in [5.41, 5.74) is -3.85. The lowest BCUT2D eigenvalue weighted by atomic mass is 9.98. The van der Waals surface area contributed by atoms with Gasteiger partial charge >= 0.3 is 12.4 Å². The van der Waals surface area contributed by atoms with Gasteiger partial charge in [0.15, 0.2) is 0 Å². The Morgan fingerprint density at radius 1 is 1.08 bits per heavy atom. The Morgan fingerprint density at radius 3 is 2.22 bits per heavy atom. The quantitative estimate of drug-likeness (QED) is 0.454. The van der Waals surface area contributed by atoms with Crippen molar-refractivity contribution < 1.29 is 44.3 Å². The molecule has 36 heavy (non-hydrogen) atoms. The number of rotatable bonds is 6. The lowest BCUT2D eigenvalue weighted by molar-refractivity contribution is -0.143. The van der Waals surface area contributed by atoms with E-state index in [0.717, 1.165) is 4.31 Å². The van der Waals surface area contributed by atoms with Crippen molar-refractivity contribution in [2.24, 2.45) is 5.92 Å². The van der Waals surface area contributed by atoms with Crippen LogP contribution < -0.4 is 10.1 Å². The molecule has 2 aromatic carbocycles. The van der Waals surface area contributed by atoms with E-state index in [-0.39, 0.29) is 47.7 Å². The van der Waals surface area contributed by atoms with Crippen LogP contribution >= 0.6 is 11.6 Å². The zero-order valence-electron chi connectivity index (χ0n) is 18.7. The third-order valence-corrected chi connectivity index (χ3v) is 7.61. The first-order valence-corrected chi connectivity index (χ1v) is 12.5. The highest BCUT2D eigenvalue weighted by atomic mass is 35.5. The van der Waals surface area contributed by atoms with Crippen LogP contribution in [0.15, 0.2) is 41.3 Å². The van der Waals surface area contributed by atoms with E-state index in [1.807, 2.05) is 0 Å². The number of nitrogens with one attached hydrogen (secondary N) is 1. The minimum absolute atomic E-state index is 0.0491. The second-order valence-corrected chi connectivity index (χ2v) is 10.4. The fourth-order valence-electron chi connectivity index (χ4n) is 3.71. The summed E-state index contributed by atoms with van der Waals surface area (Å²) in [4.78, 5) is 12.6. The van der Waals surface area contributed by atoms with Crippen LogP contribution in [0.1, 0.15) is 30.9 Å². The molecule has 1 fully saturated rings. The second kappa shape index (κ2) is 10.5. The first kappa shape index (κ1) is 28.1. The minimum Gasteiger partial charge on any atom is -0.492 e. The predicted octanol–water partition coefficient (Wildman–Crippen LogP) is 5.82. The molecule has 1 saturated heterocycles. The third kappa shape index (κ3) is 6.43. The van der Waals surface area contributed by atoms with Crippen molar-refractivity contribution in [3.8, 4) is 5.75 Å². The molecule has 0 bridgehead atoms. The highest BCUT2D eigenvalue weighted by molar-refractivity contribution is 7.89. The van der Waals surface area contributed by atoms with Crippen molar-refractivity contribution in [3.05, 3.63) is 52.5 Å². The van der Waals surface area contributed by atoms with Crippen molar-refractivity contribution in [2.75, 3.05) is 25.0 Å². The topological polar surface area (TPSA) is 75.7 Å². The van der Waals surface area contributed by atoms with E-state index in [1.165, 1.54) is 18.2 Å². The SMILES string of the molecule is CCOc1ccc(S(=O)(=O)N2CCC[C@@H](C(=O)Nc3cc(C(F)(F)F)cc(C(F)(F)F)c3)C2)cc1Cl. The Balaban J connectivity index is 1.81. The van der Waals surface area contributed by atoms with E-state index in [9.17, 15) is 39.6 Å². The Labute approximate surface area is 208 Å². The molecule has 14 heteroatoms. The van der Waals surface area contributed by atoms with Gasteiger partial charge in [-0.15, -0.1) is 0 Å². The van der Waals surface area contributed by atoms with Gasteiger partial charge in [-0.25, -0.2) is 8.42 Å². The summed E-state index contributed by atoms with van der Waals surface area (Å²) in [6.45, 7) is 1.79. The number of anilines is 1. The first-order valence-electron chi connectivity index (χ1n) is 10.7. The molecular formula is C22H21ClF6N2O4S. The van der Waals surface area contributed by atoms with Crippen LogP contribution in [0.25, 0.3) is 0 Å². The summed E-state index contributed by atoms with van der Waals surface area (Å²) in [7, 11) is -4.09. The van der Waals surface area contributed by atoms with Gasteiger partial charge in [-0.3, -0.25) is 4.79 Å². The van der Waals surface area contributed by atoms with Crippen molar-refractivity contribution in [2.45, 2.75) is 37.0 Å². The number of sulfonamides is 1. The molecule has 1 amide bonds.